The molecule has 1 fully saturated rings. The monoisotopic (exact) mass is 298 g/mol. The first-order valence-corrected chi connectivity index (χ1v) is 8.12. The van der Waals surface area contributed by atoms with Gasteiger partial charge in [0.2, 0.25) is 0 Å². The zero-order valence-corrected chi connectivity index (χ0v) is 13.0. The number of fused-ring (bicyclic) bond motifs is 2. The lowest BCUT2D eigenvalue weighted by molar-refractivity contribution is 0.357. The smallest absolute Gasteiger partial charge is 0.0609 e. The van der Waals surface area contributed by atoms with Gasteiger partial charge < -0.3 is 5.32 Å². The van der Waals surface area contributed by atoms with Crippen LogP contribution in [0.15, 0.2) is 30.5 Å². The first kappa shape index (κ1) is 13.1. The molecule has 2 nitrogen and oxygen atoms in total. The van der Waals surface area contributed by atoms with Gasteiger partial charge in [-0.15, -0.1) is 0 Å². The molecule has 1 saturated carbocycles. The molecule has 1 aromatic heterocycles. The van der Waals surface area contributed by atoms with Crippen molar-refractivity contribution in [3.63, 3.8) is 0 Å². The van der Waals surface area contributed by atoms with E-state index in [9.17, 15) is 0 Å². The predicted octanol–water partition coefficient (Wildman–Crippen LogP) is 5.54. The summed E-state index contributed by atoms with van der Waals surface area (Å²) >= 11 is 6.09. The molecule has 0 unspecified atom stereocenters. The largest absolute Gasteiger partial charge is 0.354 e. The Hall–Kier alpha value is -1.54. The zero-order valence-electron chi connectivity index (χ0n) is 12.2. The molecule has 0 aliphatic heterocycles. The molecule has 21 heavy (non-hydrogen) atoms. The van der Waals surface area contributed by atoms with E-state index < -0.39 is 0 Å². The number of anilines is 2. The second-order valence-electron chi connectivity index (χ2n) is 6.27. The number of rotatable bonds is 2. The minimum absolute atomic E-state index is 0.702. The molecule has 0 atom stereocenters. The highest BCUT2D eigenvalue weighted by Gasteiger charge is 2.36. The molecule has 2 aromatic rings. The Labute approximate surface area is 130 Å². The molecule has 0 saturated heterocycles. The average molecular weight is 299 g/mol. The van der Waals surface area contributed by atoms with Crippen LogP contribution in [-0.2, 0) is 0 Å². The quantitative estimate of drug-likeness (QED) is 0.787. The SMILES string of the molecule is Cc1ncc(Nc2cccc(Cl)c2)c2c1C1CCC2CC1. The molecule has 1 heterocycles. The first-order valence-electron chi connectivity index (χ1n) is 7.74. The molecular weight excluding hydrogens is 280 g/mol. The predicted molar refractivity (Wildman–Crippen MR) is 87.7 cm³/mol. The molecule has 0 amide bonds. The Morgan fingerprint density at radius 2 is 1.81 bits per heavy atom. The van der Waals surface area contributed by atoms with E-state index in [1.54, 1.807) is 0 Å². The van der Waals surface area contributed by atoms with E-state index >= 15 is 0 Å². The Bertz CT molecular complexity index is 688. The van der Waals surface area contributed by atoms with Crippen molar-refractivity contribution in [2.45, 2.75) is 44.4 Å². The number of aromatic nitrogens is 1. The van der Waals surface area contributed by atoms with E-state index in [4.69, 9.17) is 11.6 Å². The summed E-state index contributed by atoms with van der Waals surface area (Å²) in [5.74, 6) is 1.42. The van der Waals surface area contributed by atoms with Crippen LogP contribution in [0, 0.1) is 6.92 Å². The molecule has 0 spiro atoms. The standard InChI is InChI=1S/C18H19ClN2/c1-11-17-12-5-7-13(8-6-12)18(17)16(10-20-11)21-15-4-2-3-14(19)9-15/h2-4,9-10,12-13,21H,5-8H2,1H3. The molecule has 2 bridgehead atoms. The summed E-state index contributed by atoms with van der Waals surface area (Å²) in [6.07, 6.45) is 7.31. The number of pyridine rings is 1. The van der Waals surface area contributed by atoms with Crippen LogP contribution >= 0.6 is 11.6 Å². The summed E-state index contributed by atoms with van der Waals surface area (Å²) in [4.78, 5) is 4.63. The second-order valence-corrected chi connectivity index (χ2v) is 6.70. The molecule has 5 rings (SSSR count). The highest BCUT2D eigenvalue weighted by molar-refractivity contribution is 6.30. The van der Waals surface area contributed by atoms with Gasteiger partial charge in [-0.3, -0.25) is 4.98 Å². The van der Waals surface area contributed by atoms with E-state index in [1.807, 2.05) is 24.4 Å². The maximum Gasteiger partial charge on any atom is 0.0609 e. The highest BCUT2D eigenvalue weighted by atomic mass is 35.5. The summed E-state index contributed by atoms with van der Waals surface area (Å²) in [6.45, 7) is 2.16. The van der Waals surface area contributed by atoms with Gasteiger partial charge in [0, 0.05) is 16.4 Å². The zero-order chi connectivity index (χ0) is 14.4. The Morgan fingerprint density at radius 1 is 1.10 bits per heavy atom. The van der Waals surface area contributed by atoms with E-state index in [-0.39, 0.29) is 0 Å². The molecule has 108 valence electrons. The maximum atomic E-state index is 6.09. The molecule has 3 aliphatic carbocycles. The fourth-order valence-corrected chi connectivity index (χ4v) is 4.28. The van der Waals surface area contributed by atoms with Crippen molar-refractivity contribution in [3.8, 4) is 0 Å². The van der Waals surface area contributed by atoms with Crippen LogP contribution in [0.25, 0.3) is 0 Å². The lowest BCUT2D eigenvalue weighted by Crippen LogP contribution is -2.24. The van der Waals surface area contributed by atoms with Crippen LogP contribution in [0.2, 0.25) is 5.02 Å². The van der Waals surface area contributed by atoms with E-state index in [1.165, 1.54) is 48.2 Å². The number of aryl methyl sites for hydroxylation is 1. The molecule has 0 radical (unpaired) electrons. The normalized spacial score (nSPS) is 23.0. The van der Waals surface area contributed by atoms with Gasteiger partial charge in [0.15, 0.2) is 0 Å². The Morgan fingerprint density at radius 3 is 2.52 bits per heavy atom. The topological polar surface area (TPSA) is 24.9 Å². The number of benzene rings is 1. The maximum absolute atomic E-state index is 6.09. The van der Waals surface area contributed by atoms with Crippen molar-refractivity contribution >= 4 is 23.0 Å². The fourth-order valence-electron chi connectivity index (χ4n) is 4.09. The van der Waals surface area contributed by atoms with Gasteiger partial charge in [0.1, 0.15) is 0 Å². The number of nitrogens with one attached hydrogen (secondary N) is 1. The summed E-state index contributed by atoms with van der Waals surface area (Å²) in [7, 11) is 0. The number of nitrogens with zero attached hydrogens (tertiary/aromatic N) is 1. The van der Waals surface area contributed by atoms with Crippen molar-refractivity contribution < 1.29 is 0 Å². The van der Waals surface area contributed by atoms with Gasteiger partial charge in [-0.05, 0) is 73.8 Å². The summed E-state index contributed by atoms with van der Waals surface area (Å²) in [5.41, 5.74) is 6.47. The second kappa shape index (κ2) is 5.03. The number of halogens is 1. The van der Waals surface area contributed by atoms with Gasteiger partial charge in [-0.2, -0.15) is 0 Å². The van der Waals surface area contributed by atoms with Gasteiger partial charge in [-0.1, -0.05) is 17.7 Å². The van der Waals surface area contributed by atoms with Crippen LogP contribution in [0.3, 0.4) is 0 Å². The van der Waals surface area contributed by atoms with Gasteiger partial charge in [-0.25, -0.2) is 0 Å². The van der Waals surface area contributed by atoms with Gasteiger partial charge in [0.05, 0.1) is 11.9 Å². The Balaban J connectivity index is 1.79. The third kappa shape index (κ3) is 2.22. The van der Waals surface area contributed by atoms with E-state index in [0.29, 0.717) is 5.92 Å². The van der Waals surface area contributed by atoms with Crippen LogP contribution in [0.5, 0.6) is 0 Å². The summed E-state index contributed by atoms with van der Waals surface area (Å²) < 4.78 is 0. The molecular formula is C18H19ClN2. The van der Waals surface area contributed by atoms with Crippen LogP contribution < -0.4 is 5.32 Å². The molecule has 3 aliphatic rings. The van der Waals surface area contributed by atoms with E-state index in [0.717, 1.165) is 16.6 Å². The van der Waals surface area contributed by atoms with Gasteiger partial charge >= 0.3 is 0 Å². The van der Waals surface area contributed by atoms with Crippen molar-refractivity contribution in [3.05, 3.63) is 52.3 Å². The molecule has 1 N–H and O–H groups in total. The molecule has 3 heteroatoms. The van der Waals surface area contributed by atoms with Crippen LogP contribution in [0.1, 0.15) is 54.3 Å². The average Bonchev–Trinajstić information content (AvgIpc) is 2.51. The minimum Gasteiger partial charge on any atom is -0.354 e. The summed E-state index contributed by atoms with van der Waals surface area (Å²) in [6, 6.07) is 7.90. The third-order valence-electron chi connectivity index (χ3n) is 5.00. The Kier molecular flexibility index (Phi) is 3.15. The first-order chi connectivity index (χ1) is 10.2. The number of hydrogen-bond donors (Lipinski definition) is 1. The lowest BCUT2D eigenvalue weighted by atomic mass is 9.66. The lowest BCUT2D eigenvalue weighted by Gasteiger charge is -2.40. The molecule has 1 aromatic carbocycles. The van der Waals surface area contributed by atoms with Crippen molar-refractivity contribution in [2.75, 3.05) is 5.32 Å². The third-order valence-corrected chi connectivity index (χ3v) is 5.24. The summed E-state index contributed by atoms with van der Waals surface area (Å²) in [5, 5.41) is 4.30. The van der Waals surface area contributed by atoms with Crippen LogP contribution in [-0.4, -0.2) is 4.98 Å². The van der Waals surface area contributed by atoms with Gasteiger partial charge in [0.25, 0.3) is 0 Å². The van der Waals surface area contributed by atoms with Crippen molar-refractivity contribution in [2.24, 2.45) is 0 Å². The minimum atomic E-state index is 0.702. The number of hydrogen-bond acceptors (Lipinski definition) is 2. The van der Waals surface area contributed by atoms with E-state index in [2.05, 4.69) is 23.3 Å². The highest BCUT2D eigenvalue weighted by Crippen LogP contribution is 2.52. The van der Waals surface area contributed by atoms with Crippen LogP contribution in [0.4, 0.5) is 11.4 Å². The van der Waals surface area contributed by atoms with Crippen molar-refractivity contribution in [1.29, 1.82) is 0 Å². The fraction of sp³-hybridized carbons (Fsp3) is 0.389. The van der Waals surface area contributed by atoms with Crippen molar-refractivity contribution in [1.82, 2.24) is 4.98 Å².